The van der Waals surface area contributed by atoms with E-state index in [0.717, 1.165) is 35.7 Å². The topological polar surface area (TPSA) is 47.9 Å². The molecule has 124 valence electrons. The molecule has 2 aromatic carbocycles. The molecule has 0 aliphatic carbocycles. The highest BCUT2D eigenvalue weighted by Crippen LogP contribution is 2.55. The molecule has 1 N–H and O–H groups in total. The van der Waals surface area contributed by atoms with Gasteiger partial charge in [-0.25, -0.2) is 0 Å². The predicted octanol–water partition coefficient (Wildman–Crippen LogP) is 4.11. The molecule has 0 fully saturated rings. The van der Waals surface area contributed by atoms with Crippen LogP contribution >= 0.6 is 0 Å². The zero-order valence-corrected chi connectivity index (χ0v) is 13.8. The number of phenolic OH excluding ortho intramolecular Hbond substituents is 1. The van der Waals surface area contributed by atoms with Gasteiger partial charge in [0, 0.05) is 22.8 Å². The van der Waals surface area contributed by atoms with Crippen LogP contribution in [0.1, 0.15) is 49.0 Å². The van der Waals surface area contributed by atoms with E-state index in [9.17, 15) is 5.11 Å². The summed E-state index contributed by atoms with van der Waals surface area (Å²) in [6, 6.07) is 9.46. The van der Waals surface area contributed by atoms with Crippen LogP contribution in [0.15, 0.2) is 30.3 Å². The van der Waals surface area contributed by atoms with Crippen molar-refractivity contribution in [2.45, 2.75) is 44.3 Å². The molecule has 0 aromatic heterocycles. The molecule has 24 heavy (non-hydrogen) atoms. The summed E-state index contributed by atoms with van der Waals surface area (Å²) in [5, 5.41) is 9.67. The summed E-state index contributed by atoms with van der Waals surface area (Å²) in [5.41, 5.74) is 3.27. The van der Waals surface area contributed by atoms with Crippen molar-refractivity contribution in [2.24, 2.45) is 0 Å². The number of benzene rings is 2. The highest BCUT2D eigenvalue weighted by Gasteiger charge is 2.43. The third-order valence-corrected chi connectivity index (χ3v) is 5.34. The Kier molecular flexibility index (Phi) is 2.68. The summed E-state index contributed by atoms with van der Waals surface area (Å²) in [7, 11) is 0. The Balaban J connectivity index is 1.58. The SMILES string of the molecule is CC1(C)CCc2c(ccc3c2O[C@H]2c4ccc(O)cc4OC[C@@H]32)O1. The van der Waals surface area contributed by atoms with Crippen molar-refractivity contribution in [2.75, 3.05) is 6.61 Å². The Morgan fingerprint density at radius 3 is 2.79 bits per heavy atom. The maximum atomic E-state index is 9.67. The molecule has 3 aliphatic heterocycles. The molecule has 0 saturated heterocycles. The van der Waals surface area contributed by atoms with Gasteiger partial charge in [-0.05, 0) is 44.9 Å². The van der Waals surface area contributed by atoms with Crippen molar-refractivity contribution < 1.29 is 19.3 Å². The van der Waals surface area contributed by atoms with Crippen molar-refractivity contribution in [1.82, 2.24) is 0 Å². The highest BCUT2D eigenvalue weighted by molar-refractivity contribution is 5.58. The molecule has 0 spiro atoms. The van der Waals surface area contributed by atoms with Crippen LogP contribution in [0.25, 0.3) is 0 Å². The molecule has 2 aromatic rings. The second kappa shape index (κ2) is 4.59. The first-order chi connectivity index (χ1) is 11.5. The van der Waals surface area contributed by atoms with Crippen LogP contribution in [-0.2, 0) is 6.42 Å². The van der Waals surface area contributed by atoms with Crippen molar-refractivity contribution in [3.8, 4) is 23.0 Å². The van der Waals surface area contributed by atoms with Gasteiger partial charge >= 0.3 is 0 Å². The minimum absolute atomic E-state index is 0.0502. The van der Waals surface area contributed by atoms with E-state index in [-0.39, 0.29) is 23.4 Å². The fraction of sp³-hybridized carbons (Fsp3) is 0.400. The third kappa shape index (κ3) is 1.92. The van der Waals surface area contributed by atoms with E-state index in [1.165, 1.54) is 11.1 Å². The summed E-state index contributed by atoms with van der Waals surface area (Å²) in [6.07, 6.45) is 1.90. The van der Waals surface area contributed by atoms with Crippen LogP contribution in [0.2, 0.25) is 0 Å². The van der Waals surface area contributed by atoms with E-state index in [4.69, 9.17) is 14.2 Å². The lowest BCUT2D eigenvalue weighted by atomic mass is 9.87. The standard InChI is InChI=1S/C20H20O4/c1-20(2)8-7-14-16(24-20)6-5-12-15-10-22-17-9-11(21)3-4-13(17)19(15)23-18(12)14/h3-6,9,15,19,21H,7-8,10H2,1-2H3/t15-,19-/m0/s1. The molecule has 4 nitrogen and oxygen atoms in total. The van der Waals surface area contributed by atoms with Gasteiger partial charge in [0.25, 0.3) is 0 Å². The molecule has 0 bridgehead atoms. The van der Waals surface area contributed by atoms with Crippen LogP contribution in [0.5, 0.6) is 23.0 Å². The fourth-order valence-corrected chi connectivity index (χ4v) is 4.06. The molecular formula is C20H20O4. The number of fused-ring (bicyclic) bond motifs is 7. The number of phenols is 1. The summed E-state index contributed by atoms with van der Waals surface area (Å²) < 4.78 is 18.4. The van der Waals surface area contributed by atoms with Crippen LogP contribution < -0.4 is 14.2 Å². The van der Waals surface area contributed by atoms with Gasteiger partial charge in [0.15, 0.2) is 0 Å². The molecule has 0 amide bonds. The average Bonchev–Trinajstić information content (AvgIpc) is 2.92. The third-order valence-electron chi connectivity index (χ3n) is 5.34. The van der Waals surface area contributed by atoms with E-state index in [0.29, 0.717) is 6.61 Å². The molecule has 3 aliphatic rings. The van der Waals surface area contributed by atoms with Crippen LogP contribution in [0.3, 0.4) is 0 Å². The van der Waals surface area contributed by atoms with Crippen molar-refractivity contribution in [3.63, 3.8) is 0 Å². The van der Waals surface area contributed by atoms with E-state index in [1.807, 2.05) is 6.07 Å². The Morgan fingerprint density at radius 2 is 1.92 bits per heavy atom. The summed E-state index contributed by atoms with van der Waals surface area (Å²) in [5.74, 6) is 3.04. The predicted molar refractivity (Wildman–Crippen MR) is 89.2 cm³/mol. The zero-order chi connectivity index (χ0) is 16.5. The van der Waals surface area contributed by atoms with Gasteiger partial charge in [0.1, 0.15) is 34.7 Å². The monoisotopic (exact) mass is 324 g/mol. The summed E-state index contributed by atoms with van der Waals surface area (Å²) in [6.45, 7) is 4.82. The lowest BCUT2D eigenvalue weighted by Gasteiger charge is -2.33. The maximum Gasteiger partial charge on any atom is 0.138 e. The first kappa shape index (κ1) is 14.0. The summed E-state index contributed by atoms with van der Waals surface area (Å²) in [4.78, 5) is 0. The van der Waals surface area contributed by atoms with Gasteiger partial charge in [-0.1, -0.05) is 6.07 Å². The van der Waals surface area contributed by atoms with Crippen LogP contribution in [-0.4, -0.2) is 17.3 Å². The average molecular weight is 324 g/mol. The Hall–Kier alpha value is -2.36. The molecule has 2 atom stereocenters. The van der Waals surface area contributed by atoms with E-state index in [1.54, 1.807) is 12.1 Å². The Bertz CT molecular complexity index is 840. The smallest absolute Gasteiger partial charge is 0.138 e. The molecule has 3 heterocycles. The first-order valence-electron chi connectivity index (χ1n) is 8.49. The van der Waals surface area contributed by atoms with Gasteiger partial charge in [-0.3, -0.25) is 0 Å². The lowest BCUT2D eigenvalue weighted by Crippen LogP contribution is -2.32. The maximum absolute atomic E-state index is 9.67. The number of ether oxygens (including phenoxy) is 3. The molecule has 4 heteroatoms. The van der Waals surface area contributed by atoms with Gasteiger partial charge < -0.3 is 19.3 Å². The van der Waals surface area contributed by atoms with E-state index >= 15 is 0 Å². The fourth-order valence-electron chi connectivity index (χ4n) is 4.06. The first-order valence-corrected chi connectivity index (χ1v) is 8.49. The van der Waals surface area contributed by atoms with Gasteiger partial charge in [0.2, 0.25) is 0 Å². The number of hydrogen-bond donors (Lipinski definition) is 1. The Morgan fingerprint density at radius 1 is 1.08 bits per heavy atom. The highest BCUT2D eigenvalue weighted by atomic mass is 16.5. The second-order valence-corrected chi connectivity index (χ2v) is 7.50. The van der Waals surface area contributed by atoms with Crippen LogP contribution in [0, 0.1) is 0 Å². The Labute approximate surface area is 141 Å². The molecular weight excluding hydrogens is 304 g/mol. The number of hydrogen-bond acceptors (Lipinski definition) is 4. The number of rotatable bonds is 0. The number of aromatic hydroxyl groups is 1. The van der Waals surface area contributed by atoms with Gasteiger partial charge in [0.05, 0.1) is 12.5 Å². The molecule has 0 radical (unpaired) electrons. The van der Waals surface area contributed by atoms with Gasteiger partial charge in [-0.15, -0.1) is 0 Å². The molecule has 0 saturated carbocycles. The normalized spacial score (nSPS) is 25.2. The van der Waals surface area contributed by atoms with Crippen molar-refractivity contribution in [1.29, 1.82) is 0 Å². The van der Waals surface area contributed by atoms with E-state index in [2.05, 4.69) is 26.0 Å². The second-order valence-electron chi connectivity index (χ2n) is 7.50. The molecule has 0 unspecified atom stereocenters. The minimum Gasteiger partial charge on any atom is -0.508 e. The minimum atomic E-state index is -0.125. The quantitative estimate of drug-likeness (QED) is 0.792. The lowest BCUT2D eigenvalue weighted by molar-refractivity contribution is 0.0823. The zero-order valence-electron chi connectivity index (χ0n) is 13.8. The van der Waals surface area contributed by atoms with Crippen molar-refractivity contribution >= 4 is 0 Å². The largest absolute Gasteiger partial charge is 0.508 e. The summed E-state index contributed by atoms with van der Waals surface area (Å²) >= 11 is 0. The molecule has 5 rings (SSSR count). The van der Waals surface area contributed by atoms with Gasteiger partial charge in [-0.2, -0.15) is 0 Å². The van der Waals surface area contributed by atoms with E-state index < -0.39 is 0 Å². The van der Waals surface area contributed by atoms with Crippen molar-refractivity contribution in [3.05, 3.63) is 47.0 Å². The van der Waals surface area contributed by atoms with Crippen LogP contribution in [0.4, 0.5) is 0 Å².